The Kier molecular flexibility index (Phi) is 7.42. The topological polar surface area (TPSA) is 83.1 Å². The first-order chi connectivity index (χ1) is 14.7. The zero-order valence-electron chi connectivity index (χ0n) is 16.1. The Balaban J connectivity index is 1.72. The van der Waals surface area contributed by atoms with Crippen molar-refractivity contribution in [1.29, 1.82) is 0 Å². The summed E-state index contributed by atoms with van der Waals surface area (Å²) in [5, 5.41) is 7.60. The minimum Gasteiger partial charge on any atom is -0.382 e. The molecular weight excluding hydrogens is 473 g/mol. The fourth-order valence-electron chi connectivity index (χ4n) is 2.84. The van der Waals surface area contributed by atoms with Gasteiger partial charge < -0.3 is 10.6 Å². The molecule has 31 heavy (non-hydrogen) atoms. The minimum absolute atomic E-state index is 0.00688. The summed E-state index contributed by atoms with van der Waals surface area (Å²) in [4.78, 5) is 3.19. The summed E-state index contributed by atoms with van der Waals surface area (Å²) in [7, 11) is -2.54. The van der Waals surface area contributed by atoms with Crippen LogP contribution in [0.25, 0.3) is 0 Å². The molecule has 0 spiro atoms. The summed E-state index contributed by atoms with van der Waals surface area (Å²) in [5.41, 5.74) is 0.628. The van der Waals surface area contributed by atoms with Crippen LogP contribution >= 0.6 is 22.9 Å². The summed E-state index contributed by atoms with van der Waals surface area (Å²) in [6.07, 6.45) is 1.71. The molecule has 12 heteroatoms. The van der Waals surface area contributed by atoms with Gasteiger partial charge in [0.05, 0.1) is 10.7 Å². The molecule has 166 valence electrons. The number of rotatable bonds is 9. The first kappa shape index (κ1) is 23.3. The van der Waals surface area contributed by atoms with E-state index < -0.39 is 32.4 Å². The summed E-state index contributed by atoms with van der Waals surface area (Å²) >= 11 is 7.21. The lowest BCUT2D eigenvalue weighted by atomic mass is 10.1. The van der Waals surface area contributed by atoms with Gasteiger partial charge in [0, 0.05) is 30.2 Å². The molecule has 0 radical (unpaired) electrons. The van der Waals surface area contributed by atoms with E-state index in [4.69, 9.17) is 11.6 Å². The van der Waals surface area contributed by atoms with Crippen LogP contribution in [-0.4, -0.2) is 33.0 Å². The van der Waals surface area contributed by atoms with Crippen LogP contribution in [0.4, 0.5) is 24.0 Å². The Morgan fingerprint density at radius 1 is 1.13 bits per heavy atom. The van der Waals surface area contributed by atoms with Crippen LogP contribution < -0.4 is 15.4 Å². The van der Waals surface area contributed by atoms with Crippen molar-refractivity contribution >= 4 is 43.8 Å². The van der Waals surface area contributed by atoms with E-state index in [0.717, 1.165) is 29.5 Å². The number of hydrogen-bond acceptors (Lipinski definition) is 6. The molecular formula is C19H18ClF3N4O2S2. The van der Waals surface area contributed by atoms with Gasteiger partial charge in [-0.3, -0.25) is 4.72 Å². The van der Waals surface area contributed by atoms with Gasteiger partial charge in [-0.25, -0.2) is 26.6 Å². The Morgan fingerprint density at radius 2 is 1.84 bits per heavy atom. The fraction of sp³-hybridized carbons (Fsp3) is 0.211. The average molecular weight is 491 g/mol. The second-order valence-electron chi connectivity index (χ2n) is 6.55. The summed E-state index contributed by atoms with van der Waals surface area (Å²) in [6.45, 7) is 0.233. The van der Waals surface area contributed by atoms with E-state index >= 15 is 0 Å². The molecule has 1 atom stereocenters. The molecule has 0 saturated carbocycles. The fourth-order valence-corrected chi connectivity index (χ4v) is 5.01. The Labute approximate surface area is 186 Å². The number of aromatic nitrogens is 1. The van der Waals surface area contributed by atoms with Crippen molar-refractivity contribution in [3.05, 3.63) is 69.9 Å². The number of nitrogens with one attached hydrogen (secondary N) is 3. The highest BCUT2D eigenvalue weighted by atomic mass is 35.5. The predicted octanol–water partition coefficient (Wildman–Crippen LogP) is 4.26. The maximum atomic E-state index is 14.6. The van der Waals surface area contributed by atoms with Crippen molar-refractivity contribution in [1.82, 2.24) is 10.3 Å². The lowest BCUT2D eigenvalue weighted by Crippen LogP contribution is -2.34. The van der Waals surface area contributed by atoms with Gasteiger partial charge in [-0.2, -0.15) is 0 Å². The maximum Gasteiger partial charge on any atom is 0.266 e. The summed E-state index contributed by atoms with van der Waals surface area (Å²) < 4.78 is 68.4. The van der Waals surface area contributed by atoms with Crippen LogP contribution in [-0.2, 0) is 16.4 Å². The highest BCUT2D eigenvalue weighted by Crippen LogP contribution is 2.29. The molecule has 3 rings (SSSR count). The smallest absolute Gasteiger partial charge is 0.266 e. The Bertz CT molecular complexity index is 1140. The largest absolute Gasteiger partial charge is 0.382 e. The van der Waals surface area contributed by atoms with Crippen LogP contribution in [0.1, 0.15) is 5.56 Å². The normalized spacial score (nSPS) is 12.5. The van der Waals surface area contributed by atoms with E-state index in [1.54, 1.807) is 12.4 Å². The first-order valence-electron chi connectivity index (χ1n) is 8.95. The number of anilines is 2. The van der Waals surface area contributed by atoms with Crippen molar-refractivity contribution in [2.75, 3.05) is 23.6 Å². The number of likely N-dealkylation sites (N-methyl/N-ethyl adjacent to an activating group) is 1. The van der Waals surface area contributed by atoms with Gasteiger partial charge in [-0.1, -0.05) is 11.6 Å². The van der Waals surface area contributed by atoms with Crippen LogP contribution in [0.5, 0.6) is 0 Å². The SMILES string of the molecule is CNC(CNc1cc(F)c(S(=O)(=O)Nc2nccs2)cc1Cl)Cc1cc(F)cc(F)c1. The van der Waals surface area contributed by atoms with Crippen LogP contribution in [0.2, 0.25) is 5.02 Å². The second-order valence-corrected chi connectivity index (χ2v) is 9.51. The number of halogens is 4. The van der Waals surface area contributed by atoms with Crippen LogP contribution in [0, 0.1) is 17.5 Å². The molecule has 0 aliphatic carbocycles. The Hall–Kier alpha value is -2.34. The third-order valence-electron chi connectivity index (χ3n) is 4.32. The molecule has 0 aliphatic heterocycles. The van der Waals surface area contributed by atoms with Gasteiger partial charge in [0.25, 0.3) is 10.0 Å². The molecule has 0 fully saturated rings. The van der Waals surface area contributed by atoms with Crippen molar-refractivity contribution in [2.45, 2.75) is 17.4 Å². The van der Waals surface area contributed by atoms with Gasteiger partial charge in [0.15, 0.2) is 5.13 Å². The van der Waals surface area contributed by atoms with Gasteiger partial charge in [0.2, 0.25) is 0 Å². The van der Waals surface area contributed by atoms with E-state index in [2.05, 4.69) is 20.3 Å². The highest BCUT2D eigenvalue weighted by molar-refractivity contribution is 7.93. The third kappa shape index (κ3) is 6.10. The molecule has 0 bridgehead atoms. The van der Waals surface area contributed by atoms with Crippen molar-refractivity contribution in [3.8, 4) is 0 Å². The van der Waals surface area contributed by atoms with E-state index in [0.29, 0.717) is 12.0 Å². The Morgan fingerprint density at radius 3 is 2.45 bits per heavy atom. The molecule has 3 aromatic rings. The second kappa shape index (κ2) is 9.86. The average Bonchev–Trinajstić information content (AvgIpc) is 3.18. The van der Waals surface area contributed by atoms with Crippen molar-refractivity contribution in [2.24, 2.45) is 0 Å². The first-order valence-corrected chi connectivity index (χ1v) is 11.7. The number of benzene rings is 2. The molecule has 2 aromatic carbocycles. The number of hydrogen-bond donors (Lipinski definition) is 3. The molecule has 3 N–H and O–H groups in total. The van der Waals surface area contributed by atoms with E-state index in [9.17, 15) is 21.6 Å². The van der Waals surface area contributed by atoms with Crippen LogP contribution in [0.3, 0.4) is 0 Å². The predicted molar refractivity (Wildman–Crippen MR) is 116 cm³/mol. The van der Waals surface area contributed by atoms with Crippen LogP contribution in [0.15, 0.2) is 46.8 Å². The maximum absolute atomic E-state index is 14.6. The molecule has 0 aliphatic rings. The highest BCUT2D eigenvalue weighted by Gasteiger charge is 2.22. The van der Waals surface area contributed by atoms with E-state index in [-0.39, 0.29) is 28.4 Å². The quantitative estimate of drug-likeness (QED) is 0.417. The molecule has 1 aromatic heterocycles. The number of thiazole rings is 1. The minimum atomic E-state index is -4.21. The molecule has 0 saturated heterocycles. The molecule has 0 amide bonds. The van der Waals surface area contributed by atoms with Crippen molar-refractivity contribution < 1.29 is 21.6 Å². The third-order valence-corrected chi connectivity index (χ3v) is 6.80. The van der Waals surface area contributed by atoms with Gasteiger partial charge in [-0.15, -0.1) is 11.3 Å². The van der Waals surface area contributed by atoms with E-state index in [1.165, 1.54) is 18.3 Å². The standard InChI is InChI=1S/C19H18ClF3N4O2S2/c1-24-14(6-11-4-12(21)7-13(22)5-11)10-26-17-9-16(23)18(8-15(17)20)31(28,29)27-19-25-2-3-30-19/h2-5,7-9,14,24,26H,6,10H2,1H3,(H,25,27). The molecule has 1 unspecified atom stereocenters. The number of nitrogens with zero attached hydrogens (tertiary/aromatic N) is 1. The van der Waals surface area contributed by atoms with E-state index in [1.807, 2.05) is 0 Å². The monoisotopic (exact) mass is 490 g/mol. The lowest BCUT2D eigenvalue weighted by molar-refractivity contribution is 0.557. The van der Waals surface area contributed by atoms with Gasteiger partial charge >= 0.3 is 0 Å². The number of sulfonamides is 1. The molecule has 1 heterocycles. The zero-order chi connectivity index (χ0) is 22.6. The zero-order valence-corrected chi connectivity index (χ0v) is 18.5. The van der Waals surface area contributed by atoms with Crippen molar-refractivity contribution in [3.63, 3.8) is 0 Å². The van der Waals surface area contributed by atoms with Gasteiger partial charge in [0.1, 0.15) is 22.3 Å². The summed E-state index contributed by atoms with van der Waals surface area (Å²) in [6, 6.07) is 4.97. The van der Waals surface area contributed by atoms with Gasteiger partial charge in [-0.05, 0) is 43.3 Å². The lowest BCUT2D eigenvalue weighted by Gasteiger charge is -2.19. The summed E-state index contributed by atoms with van der Waals surface area (Å²) in [5.74, 6) is -2.35. The molecule has 6 nitrogen and oxygen atoms in total.